The van der Waals surface area contributed by atoms with Crippen LogP contribution in [0.5, 0.6) is 0 Å². The topological polar surface area (TPSA) is 89.3 Å². The van der Waals surface area contributed by atoms with E-state index in [0.717, 1.165) is 23.1 Å². The molecule has 1 aromatic heterocycles. The highest BCUT2D eigenvalue weighted by molar-refractivity contribution is 7.90. The van der Waals surface area contributed by atoms with Gasteiger partial charge in [-0.1, -0.05) is 11.2 Å². The molecule has 0 saturated carbocycles. The van der Waals surface area contributed by atoms with Crippen LogP contribution in [0.1, 0.15) is 29.0 Å². The number of benzene rings is 1. The number of carbonyl (C=O) groups excluding carboxylic acids is 1. The summed E-state index contributed by atoms with van der Waals surface area (Å²) in [5.41, 5.74) is 3.03. The lowest BCUT2D eigenvalue weighted by Gasteiger charge is -2.10. The Labute approximate surface area is 135 Å². The number of nitrogens with one attached hydrogen (secondary N) is 1. The van der Waals surface area contributed by atoms with E-state index < -0.39 is 9.84 Å². The van der Waals surface area contributed by atoms with Gasteiger partial charge in [-0.2, -0.15) is 0 Å². The maximum absolute atomic E-state index is 12.1. The molecule has 1 amide bonds. The second-order valence-corrected chi connectivity index (χ2v) is 7.62. The zero-order valence-corrected chi connectivity index (χ0v) is 14.5. The number of hydrogen-bond donors (Lipinski definition) is 1. The van der Waals surface area contributed by atoms with Gasteiger partial charge in [0.2, 0.25) is 5.91 Å². The zero-order valence-electron chi connectivity index (χ0n) is 13.6. The van der Waals surface area contributed by atoms with Crippen LogP contribution in [0, 0.1) is 20.8 Å². The van der Waals surface area contributed by atoms with E-state index in [-0.39, 0.29) is 17.2 Å². The lowest BCUT2D eigenvalue weighted by Crippen LogP contribution is -2.14. The molecule has 0 saturated heterocycles. The van der Waals surface area contributed by atoms with Crippen LogP contribution in [0.4, 0.5) is 5.69 Å². The first-order valence-corrected chi connectivity index (χ1v) is 9.10. The Bertz CT molecular complexity index is 818. The van der Waals surface area contributed by atoms with Gasteiger partial charge < -0.3 is 9.84 Å². The summed E-state index contributed by atoms with van der Waals surface area (Å²) in [6.45, 7) is 5.46. The third-order valence-electron chi connectivity index (χ3n) is 3.69. The number of hydrogen-bond acceptors (Lipinski definition) is 5. The number of anilines is 1. The van der Waals surface area contributed by atoms with E-state index in [0.29, 0.717) is 17.9 Å². The van der Waals surface area contributed by atoms with E-state index in [2.05, 4.69) is 10.5 Å². The van der Waals surface area contributed by atoms with Crippen LogP contribution in [-0.4, -0.2) is 25.7 Å². The molecule has 0 atom stereocenters. The van der Waals surface area contributed by atoms with Crippen molar-refractivity contribution in [2.75, 3.05) is 11.6 Å². The summed E-state index contributed by atoms with van der Waals surface area (Å²) in [5, 5.41) is 6.63. The van der Waals surface area contributed by atoms with Crippen molar-refractivity contribution in [2.24, 2.45) is 0 Å². The summed E-state index contributed by atoms with van der Waals surface area (Å²) in [7, 11) is -3.31. The van der Waals surface area contributed by atoms with Crippen LogP contribution in [0.15, 0.2) is 27.6 Å². The molecule has 0 aliphatic heterocycles. The summed E-state index contributed by atoms with van der Waals surface area (Å²) in [4.78, 5) is 12.3. The van der Waals surface area contributed by atoms with Crippen LogP contribution in [-0.2, 0) is 21.1 Å². The minimum atomic E-state index is -3.31. The molecular formula is C16H20N2O4S. The smallest absolute Gasteiger partial charge is 0.224 e. The number of aromatic nitrogens is 1. The van der Waals surface area contributed by atoms with Gasteiger partial charge >= 0.3 is 0 Å². The van der Waals surface area contributed by atoms with Crippen LogP contribution in [0.2, 0.25) is 0 Å². The Morgan fingerprint density at radius 1 is 1.26 bits per heavy atom. The standard InChI is InChI=1S/C16H20N2O4S/c1-10-5-6-13(23(4,20)21)9-15(10)17-16(19)8-7-14-11(2)18-22-12(14)3/h5-6,9H,7-8H2,1-4H3,(H,17,19). The minimum absolute atomic E-state index is 0.182. The molecule has 2 aromatic rings. The predicted molar refractivity (Wildman–Crippen MR) is 87.2 cm³/mol. The third kappa shape index (κ3) is 4.19. The third-order valence-corrected chi connectivity index (χ3v) is 4.80. The highest BCUT2D eigenvalue weighted by Gasteiger charge is 2.14. The van der Waals surface area contributed by atoms with Gasteiger partial charge in [-0.05, 0) is 44.9 Å². The van der Waals surface area contributed by atoms with Gasteiger partial charge in [0.25, 0.3) is 0 Å². The molecule has 0 radical (unpaired) electrons. The Kier molecular flexibility index (Phi) is 4.89. The van der Waals surface area contributed by atoms with Gasteiger partial charge in [0.15, 0.2) is 9.84 Å². The van der Waals surface area contributed by atoms with E-state index in [9.17, 15) is 13.2 Å². The Balaban J connectivity index is 2.09. The van der Waals surface area contributed by atoms with Gasteiger partial charge in [-0.3, -0.25) is 4.79 Å². The minimum Gasteiger partial charge on any atom is -0.361 e. The van der Waals surface area contributed by atoms with E-state index in [1.807, 2.05) is 20.8 Å². The molecule has 0 spiro atoms. The molecule has 1 heterocycles. The lowest BCUT2D eigenvalue weighted by atomic mass is 10.1. The molecule has 6 nitrogen and oxygen atoms in total. The number of nitrogens with zero attached hydrogens (tertiary/aromatic N) is 1. The fourth-order valence-corrected chi connectivity index (χ4v) is 2.92. The maximum Gasteiger partial charge on any atom is 0.224 e. The molecule has 124 valence electrons. The monoisotopic (exact) mass is 336 g/mol. The van der Waals surface area contributed by atoms with Crippen LogP contribution < -0.4 is 5.32 Å². The Hall–Kier alpha value is -2.15. The molecule has 7 heteroatoms. The van der Waals surface area contributed by atoms with Crippen LogP contribution >= 0.6 is 0 Å². The average Bonchev–Trinajstić information content (AvgIpc) is 2.77. The number of amides is 1. The van der Waals surface area contributed by atoms with Crippen molar-refractivity contribution < 1.29 is 17.7 Å². The quantitative estimate of drug-likeness (QED) is 0.906. The van der Waals surface area contributed by atoms with Gasteiger partial charge in [-0.15, -0.1) is 0 Å². The van der Waals surface area contributed by atoms with Crippen molar-refractivity contribution in [2.45, 2.75) is 38.5 Å². The fraction of sp³-hybridized carbons (Fsp3) is 0.375. The molecule has 1 aromatic carbocycles. The van der Waals surface area contributed by atoms with Gasteiger partial charge in [0, 0.05) is 23.9 Å². The molecular weight excluding hydrogens is 316 g/mol. The van der Waals surface area contributed by atoms with Crippen molar-refractivity contribution in [3.63, 3.8) is 0 Å². The molecule has 0 bridgehead atoms. The summed E-state index contributed by atoms with van der Waals surface area (Å²) in [5.74, 6) is 0.532. The van der Waals surface area contributed by atoms with Gasteiger partial charge in [-0.25, -0.2) is 8.42 Å². The normalized spacial score (nSPS) is 11.5. The summed E-state index contributed by atoms with van der Waals surface area (Å²) in [6, 6.07) is 4.70. The van der Waals surface area contributed by atoms with Crippen molar-refractivity contribution in [1.82, 2.24) is 5.16 Å². The highest BCUT2D eigenvalue weighted by atomic mass is 32.2. The SMILES string of the molecule is Cc1ccc(S(C)(=O)=O)cc1NC(=O)CCc1c(C)noc1C. The maximum atomic E-state index is 12.1. The Morgan fingerprint density at radius 3 is 2.52 bits per heavy atom. The molecule has 2 rings (SSSR count). The molecule has 0 aliphatic carbocycles. The lowest BCUT2D eigenvalue weighted by molar-refractivity contribution is -0.116. The zero-order chi connectivity index (χ0) is 17.2. The number of carbonyl (C=O) groups is 1. The fourth-order valence-electron chi connectivity index (χ4n) is 2.28. The number of aryl methyl sites for hydroxylation is 3. The predicted octanol–water partition coefficient (Wildman–Crippen LogP) is 2.57. The van der Waals surface area contributed by atoms with Crippen LogP contribution in [0.25, 0.3) is 0 Å². The van der Waals surface area contributed by atoms with Crippen molar-refractivity contribution in [1.29, 1.82) is 0 Å². The first-order chi connectivity index (χ1) is 10.7. The van der Waals surface area contributed by atoms with Crippen molar-refractivity contribution in [3.8, 4) is 0 Å². The summed E-state index contributed by atoms with van der Waals surface area (Å²) >= 11 is 0. The van der Waals surface area contributed by atoms with E-state index in [1.54, 1.807) is 6.07 Å². The van der Waals surface area contributed by atoms with Crippen molar-refractivity contribution in [3.05, 3.63) is 40.8 Å². The van der Waals surface area contributed by atoms with E-state index in [1.165, 1.54) is 12.1 Å². The second-order valence-electron chi connectivity index (χ2n) is 5.60. The molecule has 1 N–H and O–H groups in total. The number of rotatable bonds is 5. The molecule has 0 fully saturated rings. The first kappa shape index (κ1) is 17.2. The molecule has 23 heavy (non-hydrogen) atoms. The van der Waals surface area contributed by atoms with Crippen LogP contribution in [0.3, 0.4) is 0 Å². The van der Waals surface area contributed by atoms with Gasteiger partial charge in [0.05, 0.1) is 10.6 Å². The molecule has 0 aliphatic rings. The summed E-state index contributed by atoms with van der Waals surface area (Å²) < 4.78 is 28.3. The average molecular weight is 336 g/mol. The Morgan fingerprint density at radius 2 is 1.96 bits per heavy atom. The second kappa shape index (κ2) is 6.54. The van der Waals surface area contributed by atoms with E-state index in [4.69, 9.17) is 4.52 Å². The largest absolute Gasteiger partial charge is 0.361 e. The number of sulfone groups is 1. The first-order valence-electron chi connectivity index (χ1n) is 7.21. The van der Waals surface area contributed by atoms with Crippen molar-refractivity contribution >= 4 is 21.4 Å². The molecule has 0 unspecified atom stereocenters. The summed E-state index contributed by atoms with van der Waals surface area (Å²) in [6.07, 6.45) is 1.93. The highest BCUT2D eigenvalue weighted by Crippen LogP contribution is 2.21. The van der Waals surface area contributed by atoms with E-state index >= 15 is 0 Å². The van der Waals surface area contributed by atoms with Gasteiger partial charge in [0.1, 0.15) is 5.76 Å².